The number of nitrogens with zero attached hydrogens (tertiary/aromatic N) is 3. The average Bonchev–Trinajstić information content (AvgIpc) is 2.79. The number of rotatable bonds is 4. The van der Waals surface area contributed by atoms with Gasteiger partial charge in [0, 0.05) is 0 Å². The fourth-order valence-corrected chi connectivity index (χ4v) is 1.57. The Hall–Kier alpha value is -1.53. The molecular formula is C9H9Cl2N5O. The van der Waals surface area contributed by atoms with Crippen LogP contribution in [0.25, 0.3) is 0 Å². The number of H-pyrrole nitrogens is 1. The number of halogens is 2. The van der Waals surface area contributed by atoms with Crippen LogP contribution in [0.2, 0.25) is 5.02 Å². The molecule has 0 saturated heterocycles. The van der Waals surface area contributed by atoms with Crippen molar-refractivity contribution in [1.82, 2.24) is 20.2 Å². The molecule has 2 N–H and O–H groups in total. The summed E-state index contributed by atoms with van der Waals surface area (Å²) in [5.41, 5.74) is 1.47. The number of nitrogens with one attached hydrogen (secondary N) is 2. The average molecular weight is 274 g/mol. The van der Waals surface area contributed by atoms with Crippen molar-refractivity contribution in [3.8, 4) is 5.88 Å². The predicted molar refractivity (Wildman–Crippen MR) is 65.0 cm³/mol. The summed E-state index contributed by atoms with van der Waals surface area (Å²) in [7, 11) is 1.49. The highest BCUT2D eigenvalue weighted by Crippen LogP contribution is 2.23. The van der Waals surface area contributed by atoms with Crippen LogP contribution < -0.4 is 10.1 Å². The van der Waals surface area contributed by atoms with Crippen LogP contribution in [0.4, 0.5) is 11.6 Å². The maximum atomic E-state index is 5.82. The first-order chi connectivity index (χ1) is 8.24. The summed E-state index contributed by atoms with van der Waals surface area (Å²) >= 11 is 11.5. The summed E-state index contributed by atoms with van der Waals surface area (Å²) in [6.45, 7) is 0. The van der Waals surface area contributed by atoms with Gasteiger partial charge in [0.05, 0.1) is 36.8 Å². The number of ether oxygens (including phenoxy) is 1. The summed E-state index contributed by atoms with van der Waals surface area (Å²) in [4.78, 5) is 8.10. The minimum Gasteiger partial charge on any atom is -0.480 e. The van der Waals surface area contributed by atoms with Crippen molar-refractivity contribution in [2.24, 2.45) is 0 Å². The Balaban J connectivity index is 2.24. The van der Waals surface area contributed by atoms with E-state index >= 15 is 0 Å². The lowest BCUT2D eigenvalue weighted by molar-refractivity contribution is 0.398. The van der Waals surface area contributed by atoms with Crippen LogP contribution in [0.15, 0.2) is 12.4 Å². The van der Waals surface area contributed by atoms with Gasteiger partial charge in [-0.2, -0.15) is 10.1 Å². The van der Waals surface area contributed by atoms with Crippen molar-refractivity contribution < 1.29 is 4.74 Å². The molecule has 0 aliphatic heterocycles. The maximum absolute atomic E-state index is 5.82. The first kappa shape index (κ1) is 11.9. The van der Waals surface area contributed by atoms with E-state index in [-0.39, 0.29) is 0 Å². The van der Waals surface area contributed by atoms with E-state index in [2.05, 4.69) is 25.5 Å². The number of hydrogen-bond donors (Lipinski definition) is 2. The van der Waals surface area contributed by atoms with Crippen molar-refractivity contribution in [3.63, 3.8) is 0 Å². The first-order valence-electron chi connectivity index (χ1n) is 4.66. The van der Waals surface area contributed by atoms with Gasteiger partial charge in [0.15, 0.2) is 0 Å². The topological polar surface area (TPSA) is 75.7 Å². The molecule has 2 aromatic heterocycles. The van der Waals surface area contributed by atoms with Crippen LogP contribution in [0.3, 0.4) is 0 Å². The van der Waals surface area contributed by atoms with E-state index in [0.717, 1.165) is 5.69 Å². The van der Waals surface area contributed by atoms with E-state index < -0.39 is 0 Å². The Morgan fingerprint density at radius 2 is 2.29 bits per heavy atom. The summed E-state index contributed by atoms with van der Waals surface area (Å²) < 4.78 is 4.99. The highest BCUT2D eigenvalue weighted by atomic mass is 35.5. The van der Waals surface area contributed by atoms with Crippen molar-refractivity contribution in [2.75, 3.05) is 12.4 Å². The molecule has 0 saturated carbocycles. The highest BCUT2D eigenvalue weighted by Gasteiger charge is 2.08. The lowest BCUT2D eigenvalue weighted by atomic mass is 10.4. The predicted octanol–water partition coefficient (Wildman–Crippen LogP) is 2.34. The highest BCUT2D eigenvalue weighted by molar-refractivity contribution is 6.31. The van der Waals surface area contributed by atoms with Crippen molar-refractivity contribution in [1.29, 1.82) is 0 Å². The van der Waals surface area contributed by atoms with Crippen LogP contribution in [0.5, 0.6) is 5.88 Å². The zero-order valence-electron chi connectivity index (χ0n) is 8.87. The van der Waals surface area contributed by atoms with Crippen molar-refractivity contribution in [2.45, 2.75) is 5.88 Å². The Labute approximate surface area is 107 Å². The molecule has 0 aliphatic rings. The molecular weight excluding hydrogens is 265 g/mol. The van der Waals surface area contributed by atoms with Crippen LogP contribution in [-0.4, -0.2) is 27.3 Å². The summed E-state index contributed by atoms with van der Waals surface area (Å²) in [6, 6.07) is 0. The second kappa shape index (κ2) is 5.20. The standard InChI is InChI=1S/C9H9Cl2N5O/c1-17-8-5(11)3-12-9(15-8)14-7-4-13-16-6(7)2-10/h3-4H,2H2,1H3,(H,13,16)(H,12,14,15). The van der Waals surface area contributed by atoms with Gasteiger partial charge in [0.25, 0.3) is 0 Å². The molecule has 0 unspecified atom stereocenters. The van der Waals surface area contributed by atoms with Gasteiger partial charge in [0.2, 0.25) is 11.8 Å². The second-order valence-electron chi connectivity index (χ2n) is 3.07. The molecule has 2 aromatic rings. The Kier molecular flexibility index (Phi) is 3.65. The van der Waals surface area contributed by atoms with Gasteiger partial charge in [-0.3, -0.25) is 5.10 Å². The normalized spacial score (nSPS) is 10.3. The molecule has 90 valence electrons. The lowest BCUT2D eigenvalue weighted by Crippen LogP contribution is -2.00. The second-order valence-corrected chi connectivity index (χ2v) is 3.75. The van der Waals surface area contributed by atoms with E-state index in [4.69, 9.17) is 27.9 Å². The molecule has 0 radical (unpaired) electrons. The third-order valence-electron chi connectivity index (χ3n) is 2.00. The minimum atomic E-state index is 0.306. The van der Waals surface area contributed by atoms with Gasteiger partial charge < -0.3 is 10.1 Å². The van der Waals surface area contributed by atoms with Gasteiger partial charge in [-0.25, -0.2) is 4.98 Å². The van der Waals surface area contributed by atoms with Gasteiger partial charge in [-0.15, -0.1) is 11.6 Å². The zero-order chi connectivity index (χ0) is 12.3. The number of alkyl halides is 1. The fourth-order valence-electron chi connectivity index (χ4n) is 1.20. The molecule has 17 heavy (non-hydrogen) atoms. The SMILES string of the molecule is COc1nc(Nc2cn[nH]c2CCl)ncc1Cl. The van der Waals surface area contributed by atoms with E-state index in [1.165, 1.54) is 13.3 Å². The summed E-state index contributed by atoms with van der Waals surface area (Å²) in [6.07, 6.45) is 3.05. The van der Waals surface area contributed by atoms with Crippen molar-refractivity contribution >= 4 is 34.8 Å². The summed E-state index contributed by atoms with van der Waals surface area (Å²) in [5, 5.41) is 9.94. The van der Waals surface area contributed by atoms with Gasteiger partial charge >= 0.3 is 0 Å². The Bertz CT molecular complexity index is 516. The minimum absolute atomic E-state index is 0.306. The monoisotopic (exact) mass is 273 g/mol. The molecule has 0 atom stereocenters. The van der Waals surface area contributed by atoms with E-state index in [0.29, 0.717) is 28.4 Å². The van der Waals surface area contributed by atoms with Gasteiger partial charge in [-0.05, 0) is 0 Å². The zero-order valence-corrected chi connectivity index (χ0v) is 10.4. The molecule has 0 fully saturated rings. The summed E-state index contributed by atoms with van der Waals surface area (Å²) in [5.74, 6) is 0.978. The molecule has 0 bridgehead atoms. The lowest BCUT2D eigenvalue weighted by Gasteiger charge is -2.06. The molecule has 2 rings (SSSR count). The van der Waals surface area contributed by atoms with Crippen LogP contribution in [-0.2, 0) is 5.88 Å². The quantitative estimate of drug-likeness (QED) is 0.837. The molecule has 2 heterocycles. The fraction of sp³-hybridized carbons (Fsp3) is 0.222. The number of anilines is 2. The Morgan fingerprint density at radius 3 is 3.00 bits per heavy atom. The van der Waals surface area contributed by atoms with Gasteiger partial charge in [0.1, 0.15) is 5.02 Å². The van der Waals surface area contributed by atoms with Crippen LogP contribution in [0.1, 0.15) is 5.69 Å². The van der Waals surface area contributed by atoms with E-state index in [9.17, 15) is 0 Å². The van der Waals surface area contributed by atoms with E-state index in [1.54, 1.807) is 6.20 Å². The Morgan fingerprint density at radius 1 is 1.47 bits per heavy atom. The number of aromatic amines is 1. The van der Waals surface area contributed by atoms with Crippen molar-refractivity contribution in [3.05, 3.63) is 23.1 Å². The van der Waals surface area contributed by atoms with Gasteiger partial charge in [-0.1, -0.05) is 11.6 Å². The molecule has 0 amide bonds. The van der Waals surface area contributed by atoms with E-state index in [1.807, 2.05) is 0 Å². The maximum Gasteiger partial charge on any atom is 0.237 e. The first-order valence-corrected chi connectivity index (χ1v) is 5.57. The molecule has 0 aliphatic carbocycles. The molecule has 0 spiro atoms. The largest absolute Gasteiger partial charge is 0.480 e. The van der Waals surface area contributed by atoms with Crippen LogP contribution in [0, 0.1) is 0 Å². The third kappa shape index (κ3) is 2.59. The smallest absolute Gasteiger partial charge is 0.237 e. The molecule has 8 heteroatoms. The number of methoxy groups -OCH3 is 1. The number of aromatic nitrogens is 4. The molecule has 6 nitrogen and oxygen atoms in total. The third-order valence-corrected chi connectivity index (χ3v) is 2.53. The van der Waals surface area contributed by atoms with Crippen LogP contribution >= 0.6 is 23.2 Å². The molecule has 0 aromatic carbocycles. The number of hydrogen-bond acceptors (Lipinski definition) is 5.